The SMILES string of the molecule is O=C(NCCSCCCO)c1cccc(-c2ccoc2)c1. The number of benzene rings is 1. The van der Waals surface area contributed by atoms with Crippen molar-refractivity contribution in [1.29, 1.82) is 0 Å². The molecule has 0 unspecified atom stereocenters. The van der Waals surface area contributed by atoms with E-state index in [-0.39, 0.29) is 12.5 Å². The van der Waals surface area contributed by atoms with Gasteiger partial charge in [-0.05, 0) is 35.9 Å². The van der Waals surface area contributed by atoms with E-state index in [0.717, 1.165) is 29.1 Å². The number of amides is 1. The molecule has 0 aliphatic rings. The van der Waals surface area contributed by atoms with Crippen LogP contribution in [0.2, 0.25) is 0 Å². The quantitative estimate of drug-likeness (QED) is 0.736. The number of furan rings is 1. The molecule has 0 atom stereocenters. The van der Waals surface area contributed by atoms with E-state index >= 15 is 0 Å². The maximum absolute atomic E-state index is 12.1. The Morgan fingerprint density at radius 1 is 1.24 bits per heavy atom. The zero-order valence-corrected chi connectivity index (χ0v) is 12.6. The summed E-state index contributed by atoms with van der Waals surface area (Å²) in [6, 6.07) is 9.35. The Morgan fingerprint density at radius 2 is 2.14 bits per heavy atom. The zero-order valence-electron chi connectivity index (χ0n) is 11.7. The minimum atomic E-state index is -0.0666. The van der Waals surface area contributed by atoms with Gasteiger partial charge in [0, 0.05) is 30.0 Å². The van der Waals surface area contributed by atoms with Crippen LogP contribution in [-0.2, 0) is 0 Å². The molecule has 0 aliphatic heterocycles. The number of aliphatic hydroxyl groups is 1. The summed E-state index contributed by atoms with van der Waals surface area (Å²) in [5, 5.41) is 11.6. The lowest BCUT2D eigenvalue weighted by Gasteiger charge is -2.06. The molecule has 0 fully saturated rings. The number of thioether (sulfide) groups is 1. The van der Waals surface area contributed by atoms with Gasteiger partial charge < -0.3 is 14.8 Å². The monoisotopic (exact) mass is 305 g/mol. The predicted octanol–water partition coefficient (Wildman–Crippen LogP) is 2.79. The molecular formula is C16H19NO3S. The molecule has 4 nitrogen and oxygen atoms in total. The number of rotatable bonds is 8. The highest BCUT2D eigenvalue weighted by atomic mass is 32.2. The fourth-order valence-corrected chi connectivity index (χ4v) is 2.66. The van der Waals surface area contributed by atoms with Gasteiger partial charge in [-0.2, -0.15) is 11.8 Å². The van der Waals surface area contributed by atoms with Gasteiger partial charge in [-0.3, -0.25) is 4.79 Å². The summed E-state index contributed by atoms with van der Waals surface area (Å²) in [6.07, 6.45) is 4.08. The largest absolute Gasteiger partial charge is 0.472 e. The van der Waals surface area contributed by atoms with Gasteiger partial charge in [0.1, 0.15) is 0 Å². The van der Waals surface area contributed by atoms with Crippen LogP contribution in [0.25, 0.3) is 11.1 Å². The molecule has 2 aromatic rings. The normalized spacial score (nSPS) is 10.5. The molecule has 0 bridgehead atoms. The highest BCUT2D eigenvalue weighted by Gasteiger charge is 2.07. The van der Waals surface area contributed by atoms with Gasteiger partial charge in [0.2, 0.25) is 0 Å². The molecule has 2 rings (SSSR count). The second-order valence-corrected chi connectivity index (χ2v) is 5.76. The van der Waals surface area contributed by atoms with Crippen molar-refractivity contribution in [2.24, 2.45) is 0 Å². The summed E-state index contributed by atoms with van der Waals surface area (Å²) < 4.78 is 5.06. The fraction of sp³-hybridized carbons (Fsp3) is 0.312. The maximum atomic E-state index is 12.1. The zero-order chi connectivity index (χ0) is 14.9. The second-order valence-electron chi connectivity index (χ2n) is 4.54. The minimum absolute atomic E-state index is 0.0666. The first-order valence-electron chi connectivity index (χ1n) is 6.90. The van der Waals surface area contributed by atoms with Gasteiger partial charge in [0.25, 0.3) is 5.91 Å². The Kier molecular flexibility index (Phi) is 6.37. The van der Waals surface area contributed by atoms with Gasteiger partial charge in [-0.15, -0.1) is 0 Å². The minimum Gasteiger partial charge on any atom is -0.472 e. The summed E-state index contributed by atoms with van der Waals surface area (Å²) in [6.45, 7) is 0.852. The molecular weight excluding hydrogens is 286 g/mol. The van der Waals surface area contributed by atoms with Crippen LogP contribution in [-0.4, -0.2) is 35.7 Å². The Labute approximate surface area is 128 Å². The van der Waals surface area contributed by atoms with E-state index in [1.807, 2.05) is 24.3 Å². The first-order chi connectivity index (χ1) is 10.3. The van der Waals surface area contributed by atoms with Crippen LogP contribution in [0.4, 0.5) is 0 Å². The summed E-state index contributed by atoms with van der Waals surface area (Å²) in [7, 11) is 0. The van der Waals surface area contributed by atoms with Gasteiger partial charge in [0.05, 0.1) is 12.5 Å². The van der Waals surface area contributed by atoms with Crippen molar-refractivity contribution in [1.82, 2.24) is 5.32 Å². The molecule has 1 aromatic carbocycles. The summed E-state index contributed by atoms with van der Waals surface area (Å²) in [4.78, 5) is 12.1. The molecule has 0 saturated heterocycles. The molecule has 0 spiro atoms. The maximum Gasteiger partial charge on any atom is 0.251 e. The van der Waals surface area contributed by atoms with Gasteiger partial charge in [0.15, 0.2) is 0 Å². The Hall–Kier alpha value is -1.72. The third kappa shape index (κ3) is 4.95. The number of hydrogen-bond donors (Lipinski definition) is 2. The van der Waals surface area contributed by atoms with Gasteiger partial charge in [-0.1, -0.05) is 12.1 Å². The van der Waals surface area contributed by atoms with Gasteiger partial charge in [-0.25, -0.2) is 0 Å². The number of carbonyl (C=O) groups excluding carboxylic acids is 1. The van der Waals surface area contributed by atoms with Crippen LogP contribution in [0.1, 0.15) is 16.8 Å². The lowest BCUT2D eigenvalue weighted by atomic mass is 10.1. The standard InChI is InChI=1S/C16H19NO3S/c18-7-2-9-21-10-6-17-16(19)14-4-1-3-13(11-14)15-5-8-20-12-15/h1,3-5,8,11-12,18H,2,6-7,9-10H2,(H,17,19). The van der Waals surface area contributed by atoms with Crippen LogP contribution >= 0.6 is 11.8 Å². The predicted molar refractivity (Wildman–Crippen MR) is 85.5 cm³/mol. The highest BCUT2D eigenvalue weighted by Crippen LogP contribution is 2.20. The van der Waals surface area contributed by atoms with E-state index in [1.165, 1.54) is 0 Å². The number of nitrogens with one attached hydrogen (secondary N) is 1. The fourth-order valence-electron chi connectivity index (χ4n) is 1.88. The molecule has 1 heterocycles. The lowest BCUT2D eigenvalue weighted by molar-refractivity contribution is 0.0956. The van der Waals surface area contributed by atoms with Crippen molar-refractivity contribution >= 4 is 17.7 Å². The molecule has 0 aliphatic carbocycles. The molecule has 1 aromatic heterocycles. The summed E-state index contributed by atoms with van der Waals surface area (Å²) in [5.41, 5.74) is 2.58. The molecule has 112 valence electrons. The average Bonchev–Trinajstić information content (AvgIpc) is 3.05. The van der Waals surface area contributed by atoms with Crippen LogP contribution in [0, 0.1) is 0 Å². The average molecular weight is 305 g/mol. The van der Waals surface area contributed by atoms with Crippen molar-refractivity contribution in [3.05, 3.63) is 48.4 Å². The van der Waals surface area contributed by atoms with E-state index in [4.69, 9.17) is 9.52 Å². The highest BCUT2D eigenvalue weighted by molar-refractivity contribution is 7.99. The van der Waals surface area contributed by atoms with Crippen LogP contribution in [0.3, 0.4) is 0 Å². The van der Waals surface area contributed by atoms with E-state index in [0.29, 0.717) is 12.1 Å². The van der Waals surface area contributed by atoms with Gasteiger partial charge >= 0.3 is 0 Å². The topological polar surface area (TPSA) is 62.5 Å². The van der Waals surface area contributed by atoms with Crippen molar-refractivity contribution in [2.45, 2.75) is 6.42 Å². The summed E-state index contributed by atoms with van der Waals surface area (Å²) in [5.74, 6) is 1.71. The number of aliphatic hydroxyl groups excluding tert-OH is 1. The second kappa shape index (κ2) is 8.54. The van der Waals surface area contributed by atoms with E-state index in [1.54, 1.807) is 30.4 Å². The van der Waals surface area contributed by atoms with E-state index in [2.05, 4.69) is 5.32 Å². The number of carbonyl (C=O) groups is 1. The van der Waals surface area contributed by atoms with E-state index < -0.39 is 0 Å². The Morgan fingerprint density at radius 3 is 2.90 bits per heavy atom. The third-order valence-electron chi connectivity index (χ3n) is 2.96. The molecule has 21 heavy (non-hydrogen) atoms. The number of hydrogen-bond acceptors (Lipinski definition) is 4. The Balaban J connectivity index is 1.84. The molecule has 1 amide bonds. The van der Waals surface area contributed by atoms with Crippen LogP contribution in [0.5, 0.6) is 0 Å². The lowest BCUT2D eigenvalue weighted by Crippen LogP contribution is -2.25. The summed E-state index contributed by atoms with van der Waals surface area (Å²) >= 11 is 1.73. The van der Waals surface area contributed by atoms with E-state index in [9.17, 15) is 4.79 Å². The van der Waals surface area contributed by atoms with Crippen molar-refractivity contribution in [3.63, 3.8) is 0 Å². The molecule has 5 heteroatoms. The van der Waals surface area contributed by atoms with Crippen molar-refractivity contribution < 1.29 is 14.3 Å². The Bertz CT molecular complexity index is 554. The molecule has 0 radical (unpaired) electrons. The van der Waals surface area contributed by atoms with Crippen molar-refractivity contribution in [2.75, 3.05) is 24.7 Å². The first-order valence-corrected chi connectivity index (χ1v) is 8.06. The van der Waals surface area contributed by atoms with Crippen molar-refractivity contribution in [3.8, 4) is 11.1 Å². The smallest absolute Gasteiger partial charge is 0.251 e. The van der Waals surface area contributed by atoms with Crippen LogP contribution in [0.15, 0.2) is 47.3 Å². The van der Waals surface area contributed by atoms with Crippen LogP contribution < -0.4 is 5.32 Å². The third-order valence-corrected chi connectivity index (χ3v) is 4.03. The first kappa shape index (κ1) is 15.7. The molecule has 2 N–H and O–H groups in total. The molecule has 0 saturated carbocycles.